The first kappa shape index (κ1) is 13.0. The first-order valence-electron chi connectivity index (χ1n) is 7.29. The lowest BCUT2D eigenvalue weighted by Gasteiger charge is -2.20. The Balaban J connectivity index is 1.92. The molecule has 0 radical (unpaired) electrons. The maximum Gasteiger partial charge on any atom is 0.127 e. The predicted molar refractivity (Wildman–Crippen MR) is 83.5 cm³/mol. The van der Waals surface area contributed by atoms with Crippen molar-refractivity contribution in [3.63, 3.8) is 0 Å². The lowest BCUT2D eigenvalue weighted by atomic mass is 9.99. The molecule has 2 aromatic carbocycles. The molecule has 0 spiro atoms. The summed E-state index contributed by atoms with van der Waals surface area (Å²) in [6.45, 7) is 5.05. The Hall–Kier alpha value is -1.96. The van der Waals surface area contributed by atoms with Crippen molar-refractivity contribution < 1.29 is 4.74 Å². The number of hydrogen-bond donors (Lipinski definition) is 1. The lowest BCUT2D eigenvalue weighted by Crippen LogP contribution is -2.10. The Morgan fingerprint density at radius 2 is 1.95 bits per heavy atom. The summed E-state index contributed by atoms with van der Waals surface area (Å²) < 4.78 is 5.93. The Kier molecular flexibility index (Phi) is 3.64. The zero-order valence-corrected chi connectivity index (χ0v) is 12.1. The molecule has 104 valence electrons. The molecule has 0 saturated heterocycles. The van der Waals surface area contributed by atoms with E-state index in [9.17, 15) is 0 Å². The Morgan fingerprint density at radius 1 is 1.10 bits per heavy atom. The van der Waals surface area contributed by atoms with Crippen LogP contribution in [0.25, 0.3) is 0 Å². The van der Waals surface area contributed by atoms with Gasteiger partial charge >= 0.3 is 0 Å². The molecule has 1 heterocycles. The zero-order chi connectivity index (χ0) is 13.9. The fraction of sp³-hybridized carbons (Fsp3) is 0.333. The van der Waals surface area contributed by atoms with Crippen LogP contribution in [-0.2, 0) is 0 Å². The summed E-state index contributed by atoms with van der Waals surface area (Å²) >= 11 is 0. The molecule has 0 fully saturated rings. The molecule has 0 saturated carbocycles. The van der Waals surface area contributed by atoms with Crippen LogP contribution in [-0.4, -0.2) is 6.61 Å². The third-order valence-corrected chi connectivity index (χ3v) is 3.86. The number of rotatable bonds is 2. The summed E-state index contributed by atoms with van der Waals surface area (Å²) in [5.41, 5.74) is 4.97. The molecule has 1 N–H and O–H groups in total. The number of aryl methyl sites for hydroxylation is 2. The van der Waals surface area contributed by atoms with E-state index in [-0.39, 0.29) is 0 Å². The molecule has 3 rings (SSSR count). The van der Waals surface area contributed by atoms with Crippen LogP contribution in [0.5, 0.6) is 5.75 Å². The van der Waals surface area contributed by atoms with Crippen molar-refractivity contribution in [2.75, 3.05) is 11.9 Å². The maximum atomic E-state index is 5.93. The van der Waals surface area contributed by atoms with E-state index in [1.165, 1.54) is 22.4 Å². The number of hydrogen-bond acceptors (Lipinski definition) is 2. The highest BCUT2D eigenvalue weighted by atomic mass is 16.5. The SMILES string of the molecule is Cc1cccc(NC2CCCOc3c(C)cccc32)c1. The Labute approximate surface area is 120 Å². The first-order valence-corrected chi connectivity index (χ1v) is 7.29. The van der Waals surface area contributed by atoms with Gasteiger partial charge in [0, 0.05) is 11.3 Å². The molecule has 20 heavy (non-hydrogen) atoms. The zero-order valence-electron chi connectivity index (χ0n) is 12.1. The van der Waals surface area contributed by atoms with Crippen molar-refractivity contribution in [1.82, 2.24) is 0 Å². The largest absolute Gasteiger partial charge is 0.493 e. The van der Waals surface area contributed by atoms with E-state index in [1.54, 1.807) is 0 Å². The van der Waals surface area contributed by atoms with Gasteiger partial charge in [-0.15, -0.1) is 0 Å². The molecule has 0 aromatic heterocycles. The minimum absolute atomic E-state index is 0.328. The fourth-order valence-electron chi connectivity index (χ4n) is 2.85. The second-order valence-electron chi connectivity index (χ2n) is 5.55. The van der Waals surface area contributed by atoms with E-state index < -0.39 is 0 Å². The monoisotopic (exact) mass is 267 g/mol. The second kappa shape index (κ2) is 5.58. The van der Waals surface area contributed by atoms with E-state index in [2.05, 4.69) is 61.6 Å². The standard InChI is InChI=1S/C18H21NO/c1-13-6-3-8-15(12-13)19-17-10-5-11-20-18-14(2)7-4-9-16(17)18/h3-4,6-9,12,17,19H,5,10-11H2,1-2H3. The van der Waals surface area contributed by atoms with Gasteiger partial charge in [0.1, 0.15) is 5.75 Å². The van der Waals surface area contributed by atoms with Gasteiger partial charge in [-0.1, -0.05) is 30.3 Å². The highest BCUT2D eigenvalue weighted by Crippen LogP contribution is 2.36. The third kappa shape index (κ3) is 2.64. The van der Waals surface area contributed by atoms with Gasteiger partial charge in [-0.2, -0.15) is 0 Å². The van der Waals surface area contributed by atoms with Gasteiger partial charge < -0.3 is 10.1 Å². The molecule has 2 heteroatoms. The molecular formula is C18H21NO. The van der Waals surface area contributed by atoms with Crippen LogP contribution in [0.15, 0.2) is 42.5 Å². The quantitative estimate of drug-likeness (QED) is 0.856. The van der Waals surface area contributed by atoms with Crippen LogP contribution in [0.4, 0.5) is 5.69 Å². The average Bonchev–Trinajstić information content (AvgIpc) is 2.63. The van der Waals surface area contributed by atoms with Gasteiger partial charge in [-0.05, 0) is 49.9 Å². The molecule has 1 unspecified atom stereocenters. The van der Waals surface area contributed by atoms with Gasteiger partial charge in [-0.25, -0.2) is 0 Å². The van der Waals surface area contributed by atoms with Gasteiger partial charge in [0.25, 0.3) is 0 Å². The van der Waals surface area contributed by atoms with Crippen LogP contribution >= 0.6 is 0 Å². The molecule has 0 aliphatic carbocycles. The minimum Gasteiger partial charge on any atom is -0.493 e. The van der Waals surface area contributed by atoms with E-state index in [4.69, 9.17) is 4.74 Å². The van der Waals surface area contributed by atoms with Crippen molar-refractivity contribution in [2.24, 2.45) is 0 Å². The number of para-hydroxylation sites is 1. The van der Waals surface area contributed by atoms with Crippen molar-refractivity contribution in [2.45, 2.75) is 32.7 Å². The van der Waals surface area contributed by atoms with Crippen LogP contribution in [0.1, 0.15) is 35.6 Å². The van der Waals surface area contributed by atoms with Gasteiger partial charge in [0.05, 0.1) is 12.6 Å². The van der Waals surface area contributed by atoms with Crippen molar-refractivity contribution in [3.8, 4) is 5.75 Å². The highest BCUT2D eigenvalue weighted by molar-refractivity contribution is 5.51. The molecule has 1 atom stereocenters. The first-order chi connectivity index (χ1) is 9.74. The molecule has 0 amide bonds. The molecule has 2 aromatic rings. The van der Waals surface area contributed by atoms with Crippen LogP contribution in [0.2, 0.25) is 0 Å². The predicted octanol–water partition coefficient (Wildman–Crippen LogP) is 4.63. The number of fused-ring (bicyclic) bond motifs is 1. The number of ether oxygens (including phenoxy) is 1. The topological polar surface area (TPSA) is 21.3 Å². The van der Waals surface area contributed by atoms with E-state index in [0.717, 1.165) is 25.2 Å². The maximum absolute atomic E-state index is 5.93. The van der Waals surface area contributed by atoms with E-state index in [0.29, 0.717) is 6.04 Å². The minimum atomic E-state index is 0.328. The van der Waals surface area contributed by atoms with Gasteiger partial charge in [0.15, 0.2) is 0 Å². The summed E-state index contributed by atoms with van der Waals surface area (Å²) in [5, 5.41) is 3.67. The summed E-state index contributed by atoms with van der Waals surface area (Å²) in [6.07, 6.45) is 2.18. The summed E-state index contributed by atoms with van der Waals surface area (Å²) in [6, 6.07) is 15.3. The molecule has 2 nitrogen and oxygen atoms in total. The van der Waals surface area contributed by atoms with Crippen molar-refractivity contribution >= 4 is 5.69 Å². The summed E-state index contributed by atoms with van der Waals surface area (Å²) in [5.74, 6) is 1.06. The summed E-state index contributed by atoms with van der Waals surface area (Å²) in [4.78, 5) is 0. The smallest absolute Gasteiger partial charge is 0.127 e. The second-order valence-corrected chi connectivity index (χ2v) is 5.55. The van der Waals surface area contributed by atoms with Crippen LogP contribution < -0.4 is 10.1 Å². The number of anilines is 1. The average molecular weight is 267 g/mol. The van der Waals surface area contributed by atoms with Crippen molar-refractivity contribution in [3.05, 3.63) is 59.2 Å². The van der Waals surface area contributed by atoms with Crippen LogP contribution in [0.3, 0.4) is 0 Å². The molecule has 1 aliphatic rings. The highest BCUT2D eigenvalue weighted by Gasteiger charge is 2.20. The number of benzene rings is 2. The van der Waals surface area contributed by atoms with Gasteiger partial charge in [-0.3, -0.25) is 0 Å². The van der Waals surface area contributed by atoms with Crippen molar-refractivity contribution in [1.29, 1.82) is 0 Å². The number of nitrogens with one attached hydrogen (secondary N) is 1. The lowest BCUT2D eigenvalue weighted by molar-refractivity contribution is 0.314. The van der Waals surface area contributed by atoms with E-state index >= 15 is 0 Å². The molecular weight excluding hydrogens is 246 g/mol. The Morgan fingerprint density at radius 3 is 2.80 bits per heavy atom. The molecule has 1 aliphatic heterocycles. The fourth-order valence-corrected chi connectivity index (χ4v) is 2.85. The van der Waals surface area contributed by atoms with Gasteiger partial charge in [0.2, 0.25) is 0 Å². The normalized spacial score (nSPS) is 17.8. The third-order valence-electron chi connectivity index (χ3n) is 3.86. The summed E-state index contributed by atoms with van der Waals surface area (Å²) in [7, 11) is 0. The van der Waals surface area contributed by atoms with E-state index in [1.807, 2.05) is 0 Å². The Bertz CT molecular complexity index is 606. The molecule has 0 bridgehead atoms. The van der Waals surface area contributed by atoms with Crippen LogP contribution in [0, 0.1) is 13.8 Å².